The predicted octanol–water partition coefficient (Wildman–Crippen LogP) is 4.00. The monoisotopic (exact) mass is 380 g/mol. The first-order valence-electron chi connectivity index (χ1n) is 8.30. The van der Waals surface area contributed by atoms with Gasteiger partial charge >= 0.3 is 0 Å². The van der Waals surface area contributed by atoms with Crippen LogP contribution in [0, 0.1) is 0 Å². The van der Waals surface area contributed by atoms with Crippen molar-refractivity contribution in [3.05, 3.63) is 98.9 Å². The molecule has 0 radical (unpaired) electrons. The molecule has 1 N–H and O–H groups in total. The fourth-order valence-electron chi connectivity index (χ4n) is 2.57. The van der Waals surface area contributed by atoms with E-state index in [1.54, 1.807) is 36.4 Å². The first-order valence-corrected chi connectivity index (χ1v) is 8.67. The third-order valence-electron chi connectivity index (χ3n) is 4.06. The van der Waals surface area contributed by atoms with Crippen LogP contribution in [0.25, 0.3) is 0 Å². The highest BCUT2D eigenvalue weighted by atomic mass is 35.5. The molecule has 0 spiro atoms. The molecule has 0 aliphatic heterocycles. The molecule has 136 valence electrons. The van der Waals surface area contributed by atoms with Crippen LogP contribution >= 0.6 is 11.6 Å². The summed E-state index contributed by atoms with van der Waals surface area (Å²) in [6.45, 7) is 1.82. The molecule has 2 aromatic carbocycles. The third-order valence-corrected chi connectivity index (χ3v) is 4.31. The lowest BCUT2D eigenvalue weighted by Crippen LogP contribution is -2.22. The molecule has 1 amide bonds. The van der Waals surface area contributed by atoms with E-state index in [1.165, 1.54) is 29.8 Å². The number of Topliss-reactive ketones (excluding diaryl/α,β-unsaturated/α-hetero) is 1. The average Bonchev–Trinajstić information content (AvgIpc) is 2.65. The molecule has 0 atom stereocenters. The molecule has 3 aromatic rings. The van der Waals surface area contributed by atoms with Crippen molar-refractivity contribution in [2.45, 2.75) is 13.5 Å². The van der Waals surface area contributed by atoms with Crippen molar-refractivity contribution in [3.63, 3.8) is 0 Å². The van der Waals surface area contributed by atoms with Gasteiger partial charge in [-0.25, -0.2) is 0 Å². The van der Waals surface area contributed by atoms with Crippen LogP contribution in [0.3, 0.4) is 0 Å². The van der Waals surface area contributed by atoms with Gasteiger partial charge in [0.2, 0.25) is 0 Å². The Bertz CT molecular complexity index is 1040. The Morgan fingerprint density at radius 3 is 2.19 bits per heavy atom. The van der Waals surface area contributed by atoms with Crippen molar-refractivity contribution in [2.75, 3.05) is 5.32 Å². The number of pyridine rings is 1. The zero-order chi connectivity index (χ0) is 19.4. The van der Waals surface area contributed by atoms with Gasteiger partial charge in [0.05, 0.1) is 12.1 Å². The Kier molecular flexibility index (Phi) is 5.52. The van der Waals surface area contributed by atoms with Crippen molar-refractivity contribution < 1.29 is 9.59 Å². The van der Waals surface area contributed by atoms with Gasteiger partial charge in [0, 0.05) is 28.5 Å². The fourth-order valence-corrected chi connectivity index (χ4v) is 2.69. The third kappa shape index (κ3) is 4.71. The van der Waals surface area contributed by atoms with Gasteiger partial charge in [-0.15, -0.1) is 0 Å². The summed E-state index contributed by atoms with van der Waals surface area (Å²) in [6.07, 6.45) is 1.52. The van der Waals surface area contributed by atoms with Crippen LogP contribution in [-0.4, -0.2) is 16.3 Å². The van der Waals surface area contributed by atoms with Gasteiger partial charge in [0.1, 0.15) is 0 Å². The highest BCUT2D eigenvalue weighted by molar-refractivity contribution is 6.30. The lowest BCUT2D eigenvalue weighted by Gasteiger charge is -2.10. The van der Waals surface area contributed by atoms with Crippen molar-refractivity contribution in [1.29, 1.82) is 0 Å². The number of ketones is 1. The molecule has 0 bridgehead atoms. The Morgan fingerprint density at radius 2 is 1.56 bits per heavy atom. The molecular weight excluding hydrogens is 364 g/mol. The second kappa shape index (κ2) is 8.01. The second-order valence-electron chi connectivity index (χ2n) is 6.10. The van der Waals surface area contributed by atoms with Crippen molar-refractivity contribution in [3.8, 4) is 0 Å². The van der Waals surface area contributed by atoms with Crippen LogP contribution < -0.4 is 10.9 Å². The van der Waals surface area contributed by atoms with E-state index >= 15 is 0 Å². The molecule has 0 aliphatic carbocycles. The van der Waals surface area contributed by atoms with Gasteiger partial charge in [0.15, 0.2) is 5.78 Å². The van der Waals surface area contributed by atoms with Crippen molar-refractivity contribution in [2.24, 2.45) is 0 Å². The Labute approximate surface area is 161 Å². The van der Waals surface area contributed by atoms with E-state index in [2.05, 4.69) is 5.32 Å². The molecule has 1 aromatic heterocycles. The predicted molar refractivity (Wildman–Crippen MR) is 106 cm³/mol. The maximum atomic E-state index is 12.5. The van der Waals surface area contributed by atoms with Gasteiger partial charge in [0.25, 0.3) is 11.5 Å². The number of carbonyl (C=O) groups is 2. The van der Waals surface area contributed by atoms with Crippen molar-refractivity contribution in [1.82, 2.24) is 4.57 Å². The maximum absolute atomic E-state index is 12.5. The minimum atomic E-state index is -0.338. The quantitative estimate of drug-likeness (QED) is 0.680. The number of nitrogens with zero attached hydrogens (tertiary/aromatic N) is 1. The molecule has 0 aliphatic rings. The number of aromatic nitrogens is 1. The smallest absolute Gasteiger partial charge is 0.257 e. The van der Waals surface area contributed by atoms with Gasteiger partial charge < -0.3 is 9.88 Å². The largest absolute Gasteiger partial charge is 0.322 e. The fraction of sp³-hybridized carbons (Fsp3) is 0.0952. The summed E-state index contributed by atoms with van der Waals surface area (Å²) in [5.74, 6) is -0.377. The molecule has 0 saturated heterocycles. The number of anilines is 1. The molecular formula is C21H17ClN2O3. The Hall–Kier alpha value is -3.18. The Balaban J connectivity index is 1.78. The zero-order valence-electron chi connectivity index (χ0n) is 14.6. The second-order valence-corrected chi connectivity index (χ2v) is 6.53. The number of hydrogen-bond donors (Lipinski definition) is 1. The summed E-state index contributed by atoms with van der Waals surface area (Å²) in [4.78, 5) is 35.9. The molecule has 5 nitrogen and oxygen atoms in total. The molecule has 1 heterocycles. The number of benzene rings is 2. The van der Waals surface area contributed by atoms with Crippen LogP contribution in [0.1, 0.15) is 33.2 Å². The highest BCUT2D eigenvalue weighted by Crippen LogP contribution is 2.13. The summed E-state index contributed by atoms with van der Waals surface area (Å²) in [6, 6.07) is 16.7. The number of nitrogens with one attached hydrogen (secondary N) is 1. The number of hydrogen-bond acceptors (Lipinski definition) is 3. The number of halogens is 1. The SMILES string of the molecule is CC(=O)c1ccc(NC(=O)c2ccc(=O)n(Cc3ccc(Cl)cc3)c2)cc1. The van der Waals surface area contributed by atoms with Gasteiger partial charge in [-0.1, -0.05) is 23.7 Å². The van der Waals surface area contributed by atoms with E-state index in [4.69, 9.17) is 11.6 Å². The molecule has 3 rings (SSSR count). The standard InChI is InChI=1S/C21H17ClN2O3/c1-14(25)16-4-9-19(10-5-16)23-21(27)17-6-11-20(26)24(13-17)12-15-2-7-18(22)8-3-15/h2-11,13H,12H2,1H3,(H,23,27). The summed E-state index contributed by atoms with van der Waals surface area (Å²) in [5, 5.41) is 3.38. The summed E-state index contributed by atoms with van der Waals surface area (Å²) < 4.78 is 1.47. The van der Waals surface area contributed by atoms with Crippen LogP contribution in [-0.2, 0) is 6.54 Å². The van der Waals surface area contributed by atoms with Crippen LogP contribution in [0.4, 0.5) is 5.69 Å². The molecule has 0 unspecified atom stereocenters. The van der Waals surface area contributed by atoms with E-state index in [0.717, 1.165) is 5.56 Å². The van der Waals surface area contributed by atoms with Crippen LogP contribution in [0.15, 0.2) is 71.7 Å². The topological polar surface area (TPSA) is 68.2 Å². The van der Waals surface area contributed by atoms with Gasteiger partial charge in [-0.2, -0.15) is 0 Å². The lowest BCUT2D eigenvalue weighted by atomic mass is 10.1. The summed E-state index contributed by atoms with van der Waals surface area (Å²) >= 11 is 5.88. The summed E-state index contributed by atoms with van der Waals surface area (Å²) in [5.41, 5.74) is 2.20. The lowest BCUT2D eigenvalue weighted by molar-refractivity contribution is 0.101. The molecule has 6 heteroatoms. The molecule has 0 saturated carbocycles. The van der Waals surface area contributed by atoms with E-state index in [9.17, 15) is 14.4 Å². The minimum absolute atomic E-state index is 0.0397. The van der Waals surface area contributed by atoms with Crippen LogP contribution in [0.2, 0.25) is 5.02 Å². The first-order chi connectivity index (χ1) is 12.9. The normalized spacial score (nSPS) is 10.4. The van der Waals surface area contributed by atoms with Gasteiger partial charge in [-0.3, -0.25) is 14.4 Å². The van der Waals surface area contributed by atoms with E-state index < -0.39 is 0 Å². The minimum Gasteiger partial charge on any atom is -0.322 e. The van der Waals surface area contributed by atoms with Crippen LogP contribution in [0.5, 0.6) is 0 Å². The van der Waals surface area contributed by atoms with E-state index in [0.29, 0.717) is 28.4 Å². The average molecular weight is 381 g/mol. The summed E-state index contributed by atoms with van der Waals surface area (Å²) in [7, 11) is 0. The first kappa shape index (κ1) is 18.6. The Morgan fingerprint density at radius 1 is 0.926 bits per heavy atom. The molecule has 0 fully saturated rings. The van der Waals surface area contributed by atoms with Crippen molar-refractivity contribution >= 4 is 29.0 Å². The van der Waals surface area contributed by atoms with Gasteiger partial charge in [-0.05, 0) is 55.0 Å². The number of amides is 1. The van der Waals surface area contributed by atoms with E-state index in [1.807, 2.05) is 12.1 Å². The molecule has 27 heavy (non-hydrogen) atoms. The number of carbonyl (C=O) groups excluding carboxylic acids is 2. The van der Waals surface area contributed by atoms with E-state index in [-0.39, 0.29) is 17.2 Å². The zero-order valence-corrected chi connectivity index (χ0v) is 15.4. The number of rotatable bonds is 5. The maximum Gasteiger partial charge on any atom is 0.257 e. The highest BCUT2D eigenvalue weighted by Gasteiger charge is 2.09.